The number of ether oxygens (including phenoxy) is 2. The summed E-state index contributed by atoms with van der Waals surface area (Å²) in [7, 11) is -6.16. The molecule has 0 heterocycles. The number of benzene rings is 3. The van der Waals surface area contributed by atoms with Crippen molar-refractivity contribution in [3.8, 4) is 0 Å². The Morgan fingerprint density at radius 1 is 0.811 bits per heavy atom. The number of hydrogen-bond acceptors (Lipinski definition) is 7. The van der Waals surface area contributed by atoms with E-state index in [0.29, 0.717) is 0 Å². The lowest BCUT2D eigenvalue weighted by molar-refractivity contribution is -0.164. The first-order valence-corrected chi connectivity index (χ1v) is 13.3. The summed E-state index contributed by atoms with van der Waals surface area (Å²) >= 11 is 0. The molecular formula is C26H24F2O7S2. The van der Waals surface area contributed by atoms with Gasteiger partial charge in [-0.2, -0.15) is 8.78 Å². The minimum atomic E-state index is -6.15. The number of hydrogen-bond donors (Lipinski definition) is 0. The van der Waals surface area contributed by atoms with Gasteiger partial charge in [-0.3, -0.25) is 0 Å². The third-order valence-corrected chi connectivity index (χ3v) is 7.41. The van der Waals surface area contributed by atoms with Gasteiger partial charge in [-0.15, -0.1) is 0 Å². The molecule has 0 radical (unpaired) electrons. The molecule has 0 saturated carbocycles. The molecule has 7 nitrogen and oxygen atoms in total. The molecule has 0 aromatic heterocycles. The van der Waals surface area contributed by atoms with Crippen molar-refractivity contribution in [2.24, 2.45) is 0 Å². The van der Waals surface area contributed by atoms with Crippen molar-refractivity contribution in [2.45, 2.75) is 26.9 Å². The van der Waals surface area contributed by atoms with E-state index in [1.807, 2.05) is 0 Å². The standard InChI is InChI=1S/C18H15S.C8H10F2O7S/c1-4-10-16(11-5-1)19(17-12-6-2-7-13-17)18-14-8-3-9-15-18;1-5(2)6(11)16-3-4-17-7(12)8(9,10)18(13,14)15/h1-15H;1,3-4H2,2H3,(H,13,14,15)/q+1;/p-1. The van der Waals surface area contributed by atoms with Crippen LogP contribution < -0.4 is 0 Å². The van der Waals surface area contributed by atoms with Gasteiger partial charge in [0.05, 0.1) is 10.9 Å². The van der Waals surface area contributed by atoms with Crippen molar-refractivity contribution in [3.63, 3.8) is 0 Å². The van der Waals surface area contributed by atoms with Gasteiger partial charge < -0.3 is 14.0 Å². The molecular weight excluding hydrogens is 526 g/mol. The summed E-state index contributed by atoms with van der Waals surface area (Å²) in [6.45, 7) is 3.15. The van der Waals surface area contributed by atoms with Crippen molar-refractivity contribution >= 4 is 33.0 Å². The number of rotatable bonds is 9. The second-order valence-electron chi connectivity index (χ2n) is 7.27. The molecule has 0 aliphatic rings. The maximum atomic E-state index is 12.5. The van der Waals surface area contributed by atoms with Crippen LogP contribution in [0.1, 0.15) is 6.92 Å². The van der Waals surface area contributed by atoms with E-state index in [4.69, 9.17) is 0 Å². The molecule has 3 aromatic rings. The fourth-order valence-electron chi connectivity index (χ4n) is 2.66. The zero-order valence-electron chi connectivity index (χ0n) is 19.7. The Labute approximate surface area is 216 Å². The monoisotopic (exact) mass is 550 g/mol. The van der Waals surface area contributed by atoms with E-state index in [-0.39, 0.29) is 16.5 Å². The number of carbonyl (C=O) groups excluding carboxylic acids is 2. The smallest absolute Gasteiger partial charge is 0.428 e. The third kappa shape index (κ3) is 8.81. The van der Waals surface area contributed by atoms with Crippen LogP contribution in [0.4, 0.5) is 8.78 Å². The fraction of sp³-hybridized carbons (Fsp3) is 0.154. The summed E-state index contributed by atoms with van der Waals surface area (Å²) in [6.07, 6.45) is 0. The molecule has 0 atom stereocenters. The van der Waals surface area contributed by atoms with Crippen LogP contribution in [0.3, 0.4) is 0 Å². The largest absolute Gasteiger partial charge is 0.743 e. The summed E-state index contributed by atoms with van der Waals surface area (Å²) in [4.78, 5) is 25.5. The second kappa shape index (κ2) is 13.7. The summed E-state index contributed by atoms with van der Waals surface area (Å²) in [5.74, 6) is -3.36. The molecule has 0 saturated heterocycles. The normalized spacial score (nSPS) is 11.2. The highest BCUT2D eigenvalue weighted by molar-refractivity contribution is 7.97. The van der Waals surface area contributed by atoms with Crippen molar-refractivity contribution in [2.75, 3.05) is 13.2 Å². The topological polar surface area (TPSA) is 110 Å². The van der Waals surface area contributed by atoms with Gasteiger partial charge in [0, 0.05) is 5.57 Å². The number of halogens is 2. The summed E-state index contributed by atoms with van der Waals surface area (Å²) in [6, 6.07) is 32.2. The predicted octanol–water partition coefficient (Wildman–Crippen LogP) is 4.57. The molecule has 0 fully saturated rings. The van der Waals surface area contributed by atoms with Crippen molar-refractivity contribution in [3.05, 3.63) is 103 Å². The van der Waals surface area contributed by atoms with Crippen LogP contribution in [0.5, 0.6) is 0 Å². The van der Waals surface area contributed by atoms with E-state index in [2.05, 4.69) is 107 Å². The summed E-state index contributed by atoms with van der Waals surface area (Å²) in [5.41, 5.74) is 0.0359. The highest BCUT2D eigenvalue weighted by Gasteiger charge is 2.48. The summed E-state index contributed by atoms with van der Waals surface area (Å²) < 4.78 is 63.3. The zero-order chi connectivity index (χ0) is 27.5. The Hall–Kier alpha value is -3.54. The molecule has 0 unspecified atom stereocenters. The first kappa shape index (κ1) is 29.7. The Balaban J connectivity index is 0.000000261. The Bertz CT molecular complexity index is 1190. The van der Waals surface area contributed by atoms with E-state index in [1.165, 1.54) is 21.6 Å². The molecule has 11 heteroatoms. The number of esters is 2. The van der Waals surface area contributed by atoms with Crippen LogP contribution in [-0.4, -0.2) is 43.4 Å². The van der Waals surface area contributed by atoms with E-state index in [9.17, 15) is 31.3 Å². The zero-order valence-corrected chi connectivity index (χ0v) is 21.3. The van der Waals surface area contributed by atoms with Crippen LogP contribution in [0.2, 0.25) is 0 Å². The lowest BCUT2D eigenvalue weighted by Crippen LogP contribution is -2.39. The minimum absolute atomic E-state index is 0.0146. The second-order valence-corrected chi connectivity index (χ2v) is 10.7. The molecule has 0 spiro atoms. The molecule has 0 aliphatic carbocycles. The molecule has 0 aliphatic heterocycles. The third-order valence-electron chi connectivity index (χ3n) is 4.39. The minimum Gasteiger partial charge on any atom is -0.743 e. The van der Waals surface area contributed by atoms with Crippen LogP contribution in [0.15, 0.2) is 118 Å². The van der Waals surface area contributed by atoms with Crippen LogP contribution in [0, 0.1) is 0 Å². The van der Waals surface area contributed by atoms with Crippen molar-refractivity contribution < 1.29 is 40.8 Å². The SMILES string of the molecule is C=C(C)C(=O)OCCOC(=O)C(F)(F)S(=O)(=O)[O-].c1ccc([S+](c2ccccc2)c2ccccc2)cc1. The number of carbonyl (C=O) groups is 2. The predicted molar refractivity (Wildman–Crippen MR) is 133 cm³/mol. The van der Waals surface area contributed by atoms with Gasteiger partial charge in [0.2, 0.25) is 0 Å². The lowest BCUT2D eigenvalue weighted by atomic mass is 10.4. The quantitative estimate of drug-likeness (QED) is 0.126. The Morgan fingerprint density at radius 2 is 1.16 bits per heavy atom. The van der Waals surface area contributed by atoms with Gasteiger partial charge >= 0.3 is 17.2 Å². The maximum Gasteiger partial charge on any atom is 0.428 e. The average Bonchev–Trinajstić information content (AvgIpc) is 2.88. The first-order valence-electron chi connectivity index (χ1n) is 10.7. The van der Waals surface area contributed by atoms with E-state index in [0.717, 1.165) is 0 Å². The van der Waals surface area contributed by atoms with E-state index < -0.39 is 40.5 Å². The first-order chi connectivity index (χ1) is 17.4. The highest BCUT2D eigenvalue weighted by Crippen LogP contribution is 2.30. The van der Waals surface area contributed by atoms with Gasteiger partial charge in [0.15, 0.2) is 24.8 Å². The molecule has 0 N–H and O–H groups in total. The van der Waals surface area contributed by atoms with Crippen molar-refractivity contribution in [1.29, 1.82) is 0 Å². The average molecular weight is 551 g/mol. The van der Waals surface area contributed by atoms with Crippen LogP contribution in [0.25, 0.3) is 0 Å². The van der Waals surface area contributed by atoms with Gasteiger partial charge in [-0.25, -0.2) is 18.0 Å². The molecule has 0 amide bonds. The molecule has 37 heavy (non-hydrogen) atoms. The van der Waals surface area contributed by atoms with Gasteiger partial charge in [-0.05, 0) is 43.3 Å². The molecule has 3 aromatic carbocycles. The maximum absolute atomic E-state index is 12.5. The van der Waals surface area contributed by atoms with E-state index >= 15 is 0 Å². The highest BCUT2D eigenvalue weighted by atomic mass is 32.2. The van der Waals surface area contributed by atoms with Crippen LogP contribution in [-0.2, 0) is 40.1 Å². The molecule has 0 bridgehead atoms. The van der Waals surface area contributed by atoms with E-state index in [1.54, 1.807) is 0 Å². The lowest BCUT2D eigenvalue weighted by Gasteiger charge is -2.17. The van der Waals surface area contributed by atoms with Gasteiger partial charge in [-0.1, -0.05) is 61.2 Å². The Morgan fingerprint density at radius 3 is 1.49 bits per heavy atom. The Kier molecular flexibility index (Phi) is 11.0. The molecule has 3 rings (SSSR count). The number of alkyl halides is 2. The van der Waals surface area contributed by atoms with Gasteiger partial charge in [0.1, 0.15) is 13.2 Å². The van der Waals surface area contributed by atoms with Crippen LogP contribution >= 0.6 is 0 Å². The molecule has 196 valence electrons. The van der Waals surface area contributed by atoms with Gasteiger partial charge in [0.25, 0.3) is 0 Å². The van der Waals surface area contributed by atoms with Crippen molar-refractivity contribution in [1.82, 2.24) is 0 Å². The fourth-order valence-corrected chi connectivity index (χ4v) is 5.02. The summed E-state index contributed by atoms with van der Waals surface area (Å²) in [5, 5.41) is -5.18.